The van der Waals surface area contributed by atoms with Crippen molar-refractivity contribution in [1.82, 2.24) is 4.90 Å². The number of anilines is 1. The summed E-state index contributed by atoms with van der Waals surface area (Å²) >= 11 is 0. The summed E-state index contributed by atoms with van der Waals surface area (Å²) in [4.78, 5) is 54.6. The van der Waals surface area contributed by atoms with Gasteiger partial charge in [0.15, 0.2) is 5.78 Å². The van der Waals surface area contributed by atoms with Crippen molar-refractivity contribution in [1.29, 1.82) is 0 Å². The minimum atomic E-state index is -0.864. The Balaban J connectivity index is 1.56. The molecule has 0 aliphatic carbocycles. The summed E-state index contributed by atoms with van der Waals surface area (Å²) < 4.78 is 10.5. The summed E-state index contributed by atoms with van der Waals surface area (Å²) in [5.74, 6) is -1.98. The molecule has 0 N–H and O–H groups in total. The van der Waals surface area contributed by atoms with E-state index in [0.717, 1.165) is 11.3 Å². The van der Waals surface area contributed by atoms with Crippen molar-refractivity contribution in [3.8, 4) is 11.5 Å². The van der Waals surface area contributed by atoms with Gasteiger partial charge < -0.3 is 9.47 Å². The number of carbonyl (C=O) groups excluding carboxylic acids is 3. The predicted octanol–water partition coefficient (Wildman–Crippen LogP) is 2.45. The van der Waals surface area contributed by atoms with Crippen LogP contribution in [0.5, 0.6) is 11.5 Å². The van der Waals surface area contributed by atoms with Crippen molar-refractivity contribution >= 4 is 29.0 Å². The molecule has 34 heavy (non-hydrogen) atoms. The number of fused-ring (bicyclic) bond motifs is 3. The highest BCUT2D eigenvalue weighted by molar-refractivity contribution is 6.25. The molecular formula is C24H23N3O7. The van der Waals surface area contributed by atoms with Gasteiger partial charge in [0.1, 0.15) is 17.2 Å². The van der Waals surface area contributed by atoms with Crippen molar-refractivity contribution < 1.29 is 28.8 Å². The number of amides is 2. The fourth-order valence-corrected chi connectivity index (χ4v) is 5.65. The fraction of sp³-hybridized carbons (Fsp3) is 0.375. The molecule has 3 aliphatic rings. The molecule has 10 nitrogen and oxygen atoms in total. The number of carbonyl (C=O) groups is 3. The van der Waals surface area contributed by atoms with Crippen molar-refractivity contribution in [3.05, 3.63) is 58.1 Å². The highest BCUT2D eigenvalue weighted by Gasteiger charge is 2.65. The van der Waals surface area contributed by atoms with Gasteiger partial charge in [-0.2, -0.15) is 0 Å². The quantitative estimate of drug-likeness (QED) is 0.276. The lowest BCUT2D eigenvalue weighted by Crippen LogP contribution is -2.46. The van der Waals surface area contributed by atoms with Gasteiger partial charge in [-0.15, -0.1) is 0 Å². The minimum absolute atomic E-state index is 0.0290. The molecule has 3 fully saturated rings. The summed E-state index contributed by atoms with van der Waals surface area (Å²) in [6.45, 7) is 0.630. The third-order valence-corrected chi connectivity index (χ3v) is 7.11. The molecule has 0 radical (unpaired) electrons. The maximum atomic E-state index is 13.7. The number of hydrogen-bond acceptors (Lipinski definition) is 8. The zero-order valence-corrected chi connectivity index (χ0v) is 18.7. The molecule has 4 atom stereocenters. The van der Waals surface area contributed by atoms with Gasteiger partial charge in [-0.05, 0) is 49.7 Å². The standard InChI is InChI=1S/C24H23N3O7/c1-33-15-8-5-13(6-9-15)22(28)21-20-19(16-4-3-11-25(16)21)23(29)26(24(20)30)17-12-14(27(31)32)7-10-18(17)34-2/h5-10,12,16,19-21H,3-4,11H2,1-2H3/t16-,19-,20+,21-/m0/s1. The van der Waals surface area contributed by atoms with E-state index in [9.17, 15) is 24.5 Å². The first kappa shape index (κ1) is 22.0. The highest BCUT2D eigenvalue weighted by atomic mass is 16.6. The maximum absolute atomic E-state index is 13.7. The van der Waals surface area contributed by atoms with Gasteiger partial charge in [-0.3, -0.25) is 29.4 Å². The molecule has 0 spiro atoms. The average Bonchev–Trinajstić information content (AvgIpc) is 3.50. The Morgan fingerprint density at radius 1 is 1.03 bits per heavy atom. The molecule has 176 valence electrons. The van der Waals surface area contributed by atoms with E-state index in [0.29, 0.717) is 24.3 Å². The number of hydrogen-bond donors (Lipinski definition) is 0. The van der Waals surface area contributed by atoms with Crippen LogP contribution in [0.4, 0.5) is 11.4 Å². The Bertz CT molecular complexity index is 1200. The summed E-state index contributed by atoms with van der Waals surface area (Å²) in [5.41, 5.74) is 0.201. The third-order valence-electron chi connectivity index (χ3n) is 7.11. The number of nitrogens with zero attached hydrogens (tertiary/aromatic N) is 3. The van der Waals surface area contributed by atoms with Crippen LogP contribution in [0.25, 0.3) is 0 Å². The average molecular weight is 465 g/mol. The zero-order valence-electron chi connectivity index (χ0n) is 18.7. The van der Waals surface area contributed by atoms with Gasteiger partial charge >= 0.3 is 0 Å². The summed E-state index contributed by atoms with van der Waals surface area (Å²) in [6, 6.07) is 9.45. The van der Waals surface area contributed by atoms with Crippen LogP contribution < -0.4 is 14.4 Å². The van der Waals surface area contributed by atoms with E-state index in [-0.39, 0.29) is 28.9 Å². The lowest BCUT2D eigenvalue weighted by atomic mass is 9.85. The van der Waals surface area contributed by atoms with Crippen LogP contribution in [0.1, 0.15) is 23.2 Å². The Morgan fingerprint density at radius 3 is 2.38 bits per heavy atom. The number of imide groups is 1. The Hall–Kier alpha value is -3.79. The molecule has 3 saturated heterocycles. The minimum Gasteiger partial charge on any atom is -0.497 e. The van der Waals surface area contributed by atoms with Crippen LogP contribution in [0.2, 0.25) is 0 Å². The van der Waals surface area contributed by atoms with E-state index in [1.165, 1.54) is 32.4 Å². The van der Waals surface area contributed by atoms with E-state index in [1.54, 1.807) is 24.3 Å². The van der Waals surface area contributed by atoms with Gasteiger partial charge in [0.2, 0.25) is 11.8 Å². The molecule has 2 aromatic rings. The molecule has 3 aliphatic heterocycles. The van der Waals surface area contributed by atoms with Crippen molar-refractivity contribution in [2.75, 3.05) is 25.7 Å². The third kappa shape index (κ3) is 3.17. The predicted molar refractivity (Wildman–Crippen MR) is 120 cm³/mol. The Labute approximate surface area is 195 Å². The van der Waals surface area contributed by atoms with Crippen molar-refractivity contribution in [2.24, 2.45) is 11.8 Å². The van der Waals surface area contributed by atoms with E-state index in [4.69, 9.17) is 9.47 Å². The maximum Gasteiger partial charge on any atom is 0.271 e. The topological polar surface area (TPSA) is 119 Å². The van der Waals surface area contributed by atoms with Gasteiger partial charge in [0.25, 0.3) is 5.69 Å². The molecule has 10 heteroatoms. The number of Topliss-reactive ketones (excluding diaryl/α,β-unsaturated/α-hetero) is 1. The van der Waals surface area contributed by atoms with Gasteiger partial charge in [-0.25, -0.2) is 4.90 Å². The molecule has 0 aromatic heterocycles. The van der Waals surface area contributed by atoms with Gasteiger partial charge in [-0.1, -0.05) is 0 Å². The largest absolute Gasteiger partial charge is 0.497 e. The Morgan fingerprint density at radius 2 is 1.74 bits per heavy atom. The number of benzene rings is 2. The molecule has 5 rings (SSSR count). The first-order valence-electron chi connectivity index (χ1n) is 11.0. The van der Waals surface area contributed by atoms with E-state index < -0.39 is 34.6 Å². The lowest BCUT2D eigenvalue weighted by Gasteiger charge is -2.28. The molecule has 3 heterocycles. The molecule has 0 bridgehead atoms. The second-order valence-electron chi connectivity index (χ2n) is 8.66. The number of methoxy groups -OCH3 is 2. The first-order chi connectivity index (χ1) is 16.4. The normalized spacial score (nSPS) is 25.9. The van der Waals surface area contributed by atoms with E-state index >= 15 is 0 Å². The summed E-state index contributed by atoms with van der Waals surface area (Å²) in [5, 5.41) is 11.3. The van der Waals surface area contributed by atoms with E-state index in [2.05, 4.69) is 0 Å². The van der Waals surface area contributed by atoms with Crippen LogP contribution in [0.3, 0.4) is 0 Å². The van der Waals surface area contributed by atoms with Crippen molar-refractivity contribution in [3.63, 3.8) is 0 Å². The lowest BCUT2D eigenvalue weighted by molar-refractivity contribution is -0.384. The van der Waals surface area contributed by atoms with Crippen LogP contribution in [0, 0.1) is 22.0 Å². The van der Waals surface area contributed by atoms with Crippen LogP contribution in [-0.2, 0) is 9.59 Å². The summed E-state index contributed by atoms with van der Waals surface area (Å²) in [7, 11) is 2.90. The molecular weight excluding hydrogens is 442 g/mol. The van der Waals surface area contributed by atoms with Gasteiger partial charge in [0, 0.05) is 23.7 Å². The van der Waals surface area contributed by atoms with Crippen LogP contribution >= 0.6 is 0 Å². The summed E-state index contributed by atoms with van der Waals surface area (Å²) in [6.07, 6.45) is 1.52. The number of nitro benzene ring substituents is 1. The second-order valence-corrected chi connectivity index (χ2v) is 8.66. The highest BCUT2D eigenvalue weighted by Crippen LogP contribution is 2.50. The number of ether oxygens (including phenoxy) is 2. The Kier molecular flexibility index (Phi) is 5.32. The first-order valence-corrected chi connectivity index (χ1v) is 11.0. The van der Waals surface area contributed by atoms with Crippen molar-refractivity contribution in [2.45, 2.75) is 24.9 Å². The number of rotatable bonds is 6. The smallest absolute Gasteiger partial charge is 0.271 e. The molecule has 0 unspecified atom stereocenters. The van der Waals surface area contributed by atoms with Crippen LogP contribution in [0.15, 0.2) is 42.5 Å². The molecule has 0 saturated carbocycles. The number of non-ortho nitro benzene ring substituents is 1. The SMILES string of the molecule is COc1ccc(C(=O)[C@@H]2[C@@H]3C(=O)N(c4cc([N+](=O)[O-])ccc4OC)C(=O)[C@H]3[C@@H]3CCCN23)cc1. The molecule has 2 aromatic carbocycles. The van der Waals surface area contributed by atoms with Crippen LogP contribution in [-0.4, -0.2) is 60.3 Å². The second kappa shape index (κ2) is 8.21. The zero-order chi connectivity index (χ0) is 24.1. The monoisotopic (exact) mass is 465 g/mol. The number of ketones is 1. The fourth-order valence-electron chi connectivity index (χ4n) is 5.65. The number of nitro groups is 1. The molecule has 2 amide bonds. The van der Waals surface area contributed by atoms with Gasteiger partial charge in [0.05, 0.1) is 37.0 Å². The van der Waals surface area contributed by atoms with E-state index in [1.807, 2.05) is 4.90 Å².